The number of rotatable bonds is 27. The highest BCUT2D eigenvalue weighted by molar-refractivity contribution is 4.58. The van der Waals surface area contributed by atoms with E-state index in [1.807, 2.05) is 0 Å². The summed E-state index contributed by atoms with van der Waals surface area (Å²) >= 11 is 0. The lowest BCUT2D eigenvalue weighted by molar-refractivity contribution is 0.273. The van der Waals surface area contributed by atoms with Gasteiger partial charge in [-0.05, 0) is 44.3 Å². The Balaban J connectivity index is 3.29. The van der Waals surface area contributed by atoms with E-state index in [4.69, 9.17) is 0 Å². The van der Waals surface area contributed by atoms with Gasteiger partial charge >= 0.3 is 0 Å². The lowest BCUT2D eigenvalue weighted by atomic mass is 10.0. The van der Waals surface area contributed by atoms with E-state index in [1.165, 1.54) is 161 Å². The van der Waals surface area contributed by atoms with Crippen molar-refractivity contribution in [1.29, 1.82) is 0 Å². The third-order valence-electron chi connectivity index (χ3n) is 7.46. The smallest absolute Gasteiger partial charge is 0.00189 e. The van der Waals surface area contributed by atoms with E-state index in [-0.39, 0.29) is 0 Å². The Labute approximate surface area is 212 Å². The van der Waals surface area contributed by atoms with Crippen molar-refractivity contribution >= 4 is 0 Å². The molecule has 0 aromatic carbocycles. The third-order valence-corrected chi connectivity index (χ3v) is 7.46. The zero-order valence-corrected chi connectivity index (χ0v) is 24.3. The van der Waals surface area contributed by atoms with Crippen molar-refractivity contribution in [3.63, 3.8) is 0 Å². The van der Waals surface area contributed by atoms with Gasteiger partial charge in [-0.25, -0.2) is 0 Å². The first-order valence-corrected chi connectivity index (χ1v) is 15.8. The average Bonchev–Trinajstić information content (AvgIpc) is 2.78. The van der Waals surface area contributed by atoms with Crippen LogP contribution in [0.2, 0.25) is 0 Å². The summed E-state index contributed by atoms with van der Waals surface area (Å²) in [6.07, 6.45) is 32.0. The lowest BCUT2D eigenvalue weighted by Crippen LogP contribution is -2.25. The van der Waals surface area contributed by atoms with Crippen LogP contribution in [0.4, 0.5) is 0 Å². The number of hydrogen-bond donors (Lipinski definition) is 0. The predicted molar refractivity (Wildman–Crippen MR) is 153 cm³/mol. The summed E-state index contributed by atoms with van der Waals surface area (Å²) in [6, 6.07) is 0. The summed E-state index contributed by atoms with van der Waals surface area (Å²) in [5.74, 6) is 1.78. The molecular formula is C32H67N. The van der Waals surface area contributed by atoms with Gasteiger partial charge in [-0.2, -0.15) is 0 Å². The van der Waals surface area contributed by atoms with Crippen LogP contribution in [-0.2, 0) is 0 Å². The molecule has 0 N–H and O–H groups in total. The minimum Gasteiger partial charge on any atom is -0.304 e. The zero-order chi connectivity index (χ0) is 24.4. The number of unbranched alkanes of at least 4 members (excludes halogenated alkanes) is 18. The van der Waals surface area contributed by atoms with Crippen molar-refractivity contribution in [3.8, 4) is 0 Å². The second kappa shape index (κ2) is 26.6. The largest absolute Gasteiger partial charge is 0.304 e. The Morgan fingerprint density at radius 3 is 0.848 bits per heavy atom. The maximum Gasteiger partial charge on any atom is -0.00189 e. The van der Waals surface area contributed by atoms with Crippen LogP contribution in [0.25, 0.3) is 0 Å². The normalized spacial score (nSPS) is 12.0. The Bertz CT molecular complexity index is 316. The average molecular weight is 466 g/mol. The molecule has 0 heterocycles. The molecule has 0 radical (unpaired) electrons. The van der Waals surface area contributed by atoms with Crippen LogP contribution >= 0.6 is 0 Å². The SMILES string of the molecule is CCN(CCCCCCCCCCCCC(C)C)CCCCCCCCCCCCC(C)C. The first-order valence-electron chi connectivity index (χ1n) is 15.8. The van der Waals surface area contributed by atoms with Crippen molar-refractivity contribution in [2.45, 2.75) is 176 Å². The molecule has 200 valence electrons. The first kappa shape index (κ1) is 33.0. The summed E-state index contributed by atoms with van der Waals surface area (Å²) in [4.78, 5) is 2.70. The first-order chi connectivity index (χ1) is 16.1. The topological polar surface area (TPSA) is 3.24 Å². The summed E-state index contributed by atoms with van der Waals surface area (Å²) < 4.78 is 0. The summed E-state index contributed by atoms with van der Waals surface area (Å²) in [6.45, 7) is 15.7. The number of hydrogen-bond acceptors (Lipinski definition) is 1. The molecule has 0 aromatic rings. The van der Waals surface area contributed by atoms with Gasteiger partial charge in [-0.15, -0.1) is 0 Å². The minimum atomic E-state index is 0.891. The molecule has 33 heavy (non-hydrogen) atoms. The fourth-order valence-corrected chi connectivity index (χ4v) is 5.03. The minimum absolute atomic E-state index is 0.891. The van der Waals surface area contributed by atoms with Crippen LogP contribution < -0.4 is 0 Å². The van der Waals surface area contributed by atoms with Gasteiger partial charge in [0.1, 0.15) is 0 Å². The molecule has 0 aliphatic heterocycles. The van der Waals surface area contributed by atoms with Gasteiger partial charge in [0, 0.05) is 0 Å². The van der Waals surface area contributed by atoms with Gasteiger partial charge in [-0.1, -0.05) is 163 Å². The summed E-state index contributed by atoms with van der Waals surface area (Å²) in [5.41, 5.74) is 0. The fourth-order valence-electron chi connectivity index (χ4n) is 5.03. The molecule has 1 nitrogen and oxygen atoms in total. The molecule has 0 bridgehead atoms. The highest BCUT2D eigenvalue weighted by Gasteiger charge is 2.02. The maximum absolute atomic E-state index is 2.70. The van der Waals surface area contributed by atoms with Crippen LogP contribution in [0.5, 0.6) is 0 Å². The van der Waals surface area contributed by atoms with E-state index in [0.29, 0.717) is 0 Å². The molecule has 1 heteroatoms. The van der Waals surface area contributed by atoms with E-state index in [2.05, 4.69) is 39.5 Å². The molecule has 0 aliphatic carbocycles. The van der Waals surface area contributed by atoms with Gasteiger partial charge in [0.05, 0.1) is 0 Å². The molecule has 0 atom stereocenters. The maximum atomic E-state index is 2.70. The van der Waals surface area contributed by atoms with E-state index in [9.17, 15) is 0 Å². The van der Waals surface area contributed by atoms with Crippen LogP contribution in [0.3, 0.4) is 0 Å². The highest BCUT2D eigenvalue weighted by atomic mass is 15.1. The Morgan fingerprint density at radius 1 is 0.364 bits per heavy atom. The van der Waals surface area contributed by atoms with Crippen LogP contribution in [0.15, 0.2) is 0 Å². The molecule has 0 amide bonds. The monoisotopic (exact) mass is 466 g/mol. The Morgan fingerprint density at radius 2 is 0.606 bits per heavy atom. The van der Waals surface area contributed by atoms with Crippen molar-refractivity contribution in [2.24, 2.45) is 11.8 Å². The summed E-state index contributed by atoms with van der Waals surface area (Å²) in [7, 11) is 0. The second-order valence-corrected chi connectivity index (χ2v) is 11.9. The van der Waals surface area contributed by atoms with Crippen molar-refractivity contribution in [2.75, 3.05) is 19.6 Å². The molecule has 0 aromatic heterocycles. The second-order valence-electron chi connectivity index (χ2n) is 11.9. The quantitative estimate of drug-likeness (QED) is 0.109. The van der Waals surface area contributed by atoms with Gasteiger partial charge in [0.25, 0.3) is 0 Å². The predicted octanol–water partition coefficient (Wildman–Crippen LogP) is 11.2. The van der Waals surface area contributed by atoms with E-state index >= 15 is 0 Å². The summed E-state index contributed by atoms with van der Waals surface area (Å²) in [5, 5.41) is 0. The van der Waals surface area contributed by atoms with Gasteiger partial charge in [-0.3, -0.25) is 0 Å². The molecule has 0 aliphatic rings. The van der Waals surface area contributed by atoms with E-state index in [1.54, 1.807) is 0 Å². The van der Waals surface area contributed by atoms with Gasteiger partial charge in [0.2, 0.25) is 0 Å². The molecular weight excluding hydrogens is 398 g/mol. The molecule has 0 unspecified atom stereocenters. The molecule has 0 rings (SSSR count). The Kier molecular flexibility index (Phi) is 26.5. The van der Waals surface area contributed by atoms with Crippen molar-refractivity contribution in [1.82, 2.24) is 4.90 Å². The molecule has 0 fully saturated rings. The van der Waals surface area contributed by atoms with Crippen LogP contribution in [0.1, 0.15) is 176 Å². The molecule has 0 saturated heterocycles. The Hall–Kier alpha value is -0.0400. The zero-order valence-electron chi connectivity index (χ0n) is 24.3. The lowest BCUT2D eigenvalue weighted by Gasteiger charge is -2.20. The van der Waals surface area contributed by atoms with Crippen LogP contribution in [-0.4, -0.2) is 24.5 Å². The standard InChI is InChI=1S/C32H67N/c1-6-33(29-25-21-17-13-9-7-11-15-19-23-27-31(2)3)30-26-22-18-14-10-8-12-16-20-24-28-32(4)5/h31-32H,6-30H2,1-5H3. The van der Waals surface area contributed by atoms with E-state index < -0.39 is 0 Å². The van der Waals surface area contributed by atoms with Gasteiger partial charge < -0.3 is 4.90 Å². The molecule has 0 spiro atoms. The van der Waals surface area contributed by atoms with Crippen molar-refractivity contribution < 1.29 is 0 Å². The van der Waals surface area contributed by atoms with E-state index in [0.717, 1.165) is 11.8 Å². The highest BCUT2D eigenvalue weighted by Crippen LogP contribution is 2.15. The van der Waals surface area contributed by atoms with Gasteiger partial charge in [0.15, 0.2) is 0 Å². The molecule has 0 saturated carbocycles. The van der Waals surface area contributed by atoms with Crippen molar-refractivity contribution in [3.05, 3.63) is 0 Å². The number of nitrogens with zero attached hydrogens (tertiary/aromatic N) is 1. The third kappa shape index (κ3) is 28.1. The van der Waals surface area contributed by atoms with Crippen LogP contribution in [0, 0.1) is 11.8 Å². The fraction of sp³-hybridized carbons (Fsp3) is 1.00.